The van der Waals surface area contributed by atoms with E-state index in [9.17, 15) is 0 Å². The fraction of sp³-hybridized carbons (Fsp3) is 0.450. The molecule has 1 aromatic heterocycles. The van der Waals surface area contributed by atoms with Gasteiger partial charge in [0, 0.05) is 18.5 Å². The summed E-state index contributed by atoms with van der Waals surface area (Å²) < 4.78 is 6.04. The van der Waals surface area contributed by atoms with Crippen LogP contribution in [-0.2, 0) is 11.2 Å². The zero-order chi connectivity index (χ0) is 14.8. The van der Waals surface area contributed by atoms with Crippen molar-refractivity contribution in [3.05, 3.63) is 54.4 Å². The molecule has 2 fully saturated rings. The van der Waals surface area contributed by atoms with Crippen LogP contribution >= 0.6 is 0 Å². The Balaban J connectivity index is 1.48. The zero-order valence-corrected chi connectivity index (χ0v) is 13.0. The van der Waals surface area contributed by atoms with Crippen molar-refractivity contribution < 1.29 is 4.74 Å². The summed E-state index contributed by atoms with van der Waals surface area (Å²) in [6.45, 7) is 0.967. The lowest BCUT2D eigenvalue weighted by Gasteiger charge is -2.22. The fourth-order valence-electron chi connectivity index (χ4n) is 4.18. The van der Waals surface area contributed by atoms with E-state index < -0.39 is 0 Å². The third-order valence-electron chi connectivity index (χ3n) is 5.28. The molecule has 2 atom stereocenters. The molecular weight excluding hydrogens is 270 g/mol. The van der Waals surface area contributed by atoms with Crippen molar-refractivity contribution in [2.45, 2.75) is 44.1 Å². The van der Waals surface area contributed by atoms with Crippen LogP contribution in [0.2, 0.25) is 0 Å². The van der Waals surface area contributed by atoms with Gasteiger partial charge in [-0.25, -0.2) is 0 Å². The molecule has 1 saturated heterocycles. The van der Waals surface area contributed by atoms with Crippen LogP contribution < -0.4 is 0 Å². The average molecular weight is 293 g/mol. The third-order valence-corrected chi connectivity index (χ3v) is 5.28. The van der Waals surface area contributed by atoms with Gasteiger partial charge >= 0.3 is 0 Å². The van der Waals surface area contributed by atoms with Gasteiger partial charge in [0.1, 0.15) is 0 Å². The molecule has 2 nitrogen and oxygen atoms in total. The normalized spacial score (nSPS) is 27.5. The van der Waals surface area contributed by atoms with Crippen molar-refractivity contribution in [3.63, 3.8) is 0 Å². The van der Waals surface area contributed by atoms with E-state index in [0.29, 0.717) is 0 Å². The van der Waals surface area contributed by atoms with Crippen molar-refractivity contribution >= 4 is 0 Å². The minimum atomic E-state index is 0.224. The molecule has 114 valence electrons. The second kappa shape index (κ2) is 5.85. The molecule has 2 aliphatic rings. The molecule has 1 saturated carbocycles. The molecule has 1 aliphatic heterocycles. The van der Waals surface area contributed by atoms with E-state index in [1.807, 2.05) is 6.20 Å². The standard InChI is InChI=1S/C20H23NO/c1-2-5-17(6-3-1)18-8-11-21-19(14-18)13-16-7-10-20(15-16)9-4-12-22-20/h1-3,5-6,8,11,14,16H,4,7,9-10,12-13,15H2. The number of rotatable bonds is 3. The van der Waals surface area contributed by atoms with Crippen LogP contribution in [0.4, 0.5) is 0 Å². The third kappa shape index (κ3) is 2.80. The van der Waals surface area contributed by atoms with Gasteiger partial charge in [0.25, 0.3) is 0 Å². The topological polar surface area (TPSA) is 22.1 Å². The quantitative estimate of drug-likeness (QED) is 0.822. The summed E-state index contributed by atoms with van der Waals surface area (Å²) in [7, 11) is 0. The second-order valence-corrected chi connectivity index (χ2v) is 6.85. The number of hydrogen-bond acceptors (Lipinski definition) is 2. The van der Waals surface area contributed by atoms with Crippen molar-refractivity contribution in [1.29, 1.82) is 0 Å². The van der Waals surface area contributed by atoms with Gasteiger partial charge in [0.2, 0.25) is 0 Å². The van der Waals surface area contributed by atoms with Crippen LogP contribution in [0.5, 0.6) is 0 Å². The van der Waals surface area contributed by atoms with Crippen LogP contribution in [-0.4, -0.2) is 17.2 Å². The van der Waals surface area contributed by atoms with Gasteiger partial charge in [-0.15, -0.1) is 0 Å². The minimum absolute atomic E-state index is 0.224. The maximum Gasteiger partial charge on any atom is 0.0686 e. The van der Waals surface area contributed by atoms with Gasteiger partial charge in [0.15, 0.2) is 0 Å². The SMILES string of the molecule is c1ccc(-c2ccnc(CC3CCC4(CCCO4)C3)c2)cc1. The summed E-state index contributed by atoms with van der Waals surface area (Å²) >= 11 is 0. The Bertz CT molecular complexity index is 631. The van der Waals surface area contributed by atoms with Gasteiger partial charge in [0.05, 0.1) is 5.60 Å². The number of hydrogen-bond donors (Lipinski definition) is 0. The highest BCUT2D eigenvalue weighted by Crippen LogP contribution is 2.44. The van der Waals surface area contributed by atoms with Crippen LogP contribution in [0.15, 0.2) is 48.7 Å². The number of nitrogens with zero attached hydrogens (tertiary/aromatic N) is 1. The Morgan fingerprint density at radius 2 is 2.00 bits per heavy atom. The van der Waals surface area contributed by atoms with E-state index in [1.54, 1.807) is 0 Å². The monoisotopic (exact) mass is 293 g/mol. The largest absolute Gasteiger partial charge is 0.375 e. The van der Waals surface area contributed by atoms with Gasteiger partial charge in [-0.05, 0) is 67.7 Å². The molecule has 1 aliphatic carbocycles. The van der Waals surface area contributed by atoms with Crippen LogP contribution in [0.3, 0.4) is 0 Å². The lowest BCUT2D eigenvalue weighted by molar-refractivity contribution is 0.00717. The Kier molecular flexibility index (Phi) is 3.71. The number of benzene rings is 1. The predicted octanol–water partition coefficient (Wildman–Crippen LogP) is 4.64. The molecule has 2 aromatic rings. The highest BCUT2D eigenvalue weighted by molar-refractivity contribution is 5.63. The average Bonchev–Trinajstić information content (AvgIpc) is 3.19. The fourth-order valence-corrected chi connectivity index (χ4v) is 4.18. The number of ether oxygens (including phenoxy) is 1. The summed E-state index contributed by atoms with van der Waals surface area (Å²) in [5, 5.41) is 0. The van der Waals surface area contributed by atoms with Crippen LogP contribution in [0, 0.1) is 5.92 Å². The van der Waals surface area contributed by atoms with Crippen molar-refractivity contribution in [2.24, 2.45) is 5.92 Å². The number of pyridine rings is 1. The molecular formula is C20H23NO. The van der Waals surface area contributed by atoms with E-state index in [0.717, 1.165) is 18.9 Å². The van der Waals surface area contributed by atoms with Crippen LogP contribution in [0.25, 0.3) is 11.1 Å². The second-order valence-electron chi connectivity index (χ2n) is 6.85. The smallest absolute Gasteiger partial charge is 0.0686 e. The summed E-state index contributed by atoms with van der Waals surface area (Å²) in [6.07, 6.45) is 9.31. The van der Waals surface area contributed by atoms with Gasteiger partial charge < -0.3 is 4.74 Å². The molecule has 0 radical (unpaired) electrons. The Labute approximate surface area is 132 Å². The first-order valence-electron chi connectivity index (χ1n) is 8.47. The molecule has 0 bridgehead atoms. The molecule has 2 heteroatoms. The first kappa shape index (κ1) is 14.0. The molecule has 22 heavy (non-hydrogen) atoms. The lowest BCUT2D eigenvalue weighted by atomic mass is 9.94. The Morgan fingerprint density at radius 3 is 2.82 bits per heavy atom. The summed E-state index contributed by atoms with van der Waals surface area (Å²) in [4.78, 5) is 4.60. The van der Waals surface area contributed by atoms with Gasteiger partial charge in [-0.3, -0.25) is 4.98 Å². The first-order chi connectivity index (χ1) is 10.8. The summed E-state index contributed by atoms with van der Waals surface area (Å²) in [5.74, 6) is 0.733. The van der Waals surface area contributed by atoms with Gasteiger partial charge in [-0.2, -0.15) is 0 Å². The lowest BCUT2D eigenvalue weighted by Crippen LogP contribution is -2.23. The zero-order valence-electron chi connectivity index (χ0n) is 13.0. The van der Waals surface area contributed by atoms with E-state index in [-0.39, 0.29) is 5.60 Å². The molecule has 2 unspecified atom stereocenters. The Morgan fingerprint density at radius 1 is 1.09 bits per heavy atom. The molecule has 0 amide bonds. The maximum absolute atomic E-state index is 6.04. The minimum Gasteiger partial charge on any atom is -0.375 e. The predicted molar refractivity (Wildman–Crippen MR) is 88.6 cm³/mol. The van der Waals surface area contributed by atoms with E-state index in [1.165, 1.54) is 48.9 Å². The van der Waals surface area contributed by atoms with Gasteiger partial charge in [-0.1, -0.05) is 30.3 Å². The van der Waals surface area contributed by atoms with E-state index in [4.69, 9.17) is 4.74 Å². The van der Waals surface area contributed by atoms with Crippen molar-refractivity contribution in [3.8, 4) is 11.1 Å². The van der Waals surface area contributed by atoms with E-state index in [2.05, 4.69) is 47.4 Å². The van der Waals surface area contributed by atoms with Crippen molar-refractivity contribution in [2.75, 3.05) is 6.61 Å². The summed E-state index contributed by atoms with van der Waals surface area (Å²) in [5.41, 5.74) is 3.99. The van der Waals surface area contributed by atoms with E-state index >= 15 is 0 Å². The molecule has 4 rings (SSSR count). The Hall–Kier alpha value is -1.67. The number of aromatic nitrogens is 1. The van der Waals surface area contributed by atoms with Crippen LogP contribution in [0.1, 0.15) is 37.8 Å². The maximum atomic E-state index is 6.04. The molecule has 1 spiro atoms. The first-order valence-corrected chi connectivity index (χ1v) is 8.47. The highest BCUT2D eigenvalue weighted by atomic mass is 16.5. The highest BCUT2D eigenvalue weighted by Gasteiger charge is 2.42. The van der Waals surface area contributed by atoms with Crippen molar-refractivity contribution in [1.82, 2.24) is 4.98 Å². The summed E-state index contributed by atoms with van der Waals surface area (Å²) in [6, 6.07) is 14.9. The molecule has 0 N–H and O–H groups in total. The molecule has 2 heterocycles. The molecule has 1 aromatic carbocycles.